The molecule has 0 radical (unpaired) electrons. The van der Waals surface area contributed by atoms with Crippen LogP contribution in [0.2, 0.25) is 0 Å². The van der Waals surface area contributed by atoms with E-state index in [0.717, 1.165) is 5.00 Å². The molecule has 1 aromatic carbocycles. The fraction of sp³-hybridized carbons (Fsp3) is 0.333. The summed E-state index contributed by atoms with van der Waals surface area (Å²) < 4.78 is 3.83. The molecular formula is C12H16N4S. The first-order valence-corrected chi connectivity index (χ1v) is 6.25. The summed E-state index contributed by atoms with van der Waals surface area (Å²) in [5.41, 5.74) is 2.46. The number of aromatic nitrogens is 2. The monoisotopic (exact) mass is 248 g/mol. The highest BCUT2D eigenvalue weighted by atomic mass is 32.1. The second-order valence-corrected chi connectivity index (χ2v) is 4.92. The first kappa shape index (κ1) is 11.9. The molecule has 0 amide bonds. The fourth-order valence-corrected chi connectivity index (χ4v) is 2.09. The molecule has 0 saturated carbocycles. The Morgan fingerprint density at radius 1 is 1.24 bits per heavy atom. The highest BCUT2D eigenvalue weighted by Gasteiger charge is 2.06. The third kappa shape index (κ3) is 2.94. The van der Waals surface area contributed by atoms with Gasteiger partial charge in [-0.2, -0.15) is 0 Å². The molecule has 1 aromatic heterocycles. The van der Waals surface area contributed by atoms with E-state index in [-0.39, 0.29) is 6.04 Å². The standard InChI is InChI=1S/C12H16N4S/c1-9(14-12-8-13-15-17-12)10-4-6-11(7-5-10)16(2)3/h4-9,14H,1-3H3. The van der Waals surface area contributed by atoms with Gasteiger partial charge in [0.25, 0.3) is 0 Å². The number of hydrogen-bond donors (Lipinski definition) is 1. The topological polar surface area (TPSA) is 41.1 Å². The van der Waals surface area contributed by atoms with Gasteiger partial charge in [0.15, 0.2) is 0 Å². The van der Waals surface area contributed by atoms with E-state index < -0.39 is 0 Å². The van der Waals surface area contributed by atoms with Crippen LogP contribution in [0.1, 0.15) is 18.5 Å². The van der Waals surface area contributed by atoms with E-state index in [1.165, 1.54) is 22.8 Å². The molecule has 1 unspecified atom stereocenters. The maximum atomic E-state index is 3.83. The van der Waals surface area contributed by atoms with Gasteiger partial charge in [0.1, 0.15) is 5.00 Å². The Labute approximate surface area is 105 Å². The van der Waals surface area contributed by atoms with Crippen LogP contribution in [0.15, 0.2) is 30.5 Å². The molecule has 0 bridgehead atoms. The van der Waals surface area contributed by atoms with Crippen LogP contribution in [-0.4, -0.2) is 23.7 Å². The van der Waals surface area contributed by atoms with Crippen molar-refractivity contribution in [3.63, 3.8) is 0 Å². The van der Waals surface area contributed by atoms with E-state index >= 15 is 0 Å². The summed E-state index contributed by atoms with van der Waals surface area (Å²) in [5, 5.41) is 8.17. The van der Waals surface area contributed by atoms with Gasteiger partial charge in [-0.3, -0.25) is 0 Å². The summed E-state index contributed by atoms with van der Waals surface area (Å²) in [6, 6.07) is 8.79. The zero-order valence-electron chi connectivity index (χ0n) is 10.2. The molecule has 0 fully saturated rings. The van der Waals surface area contributed by atoms with Crippen molar-refractivity contribution in [1.82, 2.24) is 9.59 Å². The van der Waals surface area contributed by atoms with Gasteiger partial charge in [-0.05, 0) is 24.6 Å². The van der Waals surface area contributed by atoms with E-state index in [1.807, 2.05) is 14.1 Å². The first-order valence-electron chi connectivity index (χ1n) is 5.48. The zero-order chi connectivity index (χ0) is 12.3. The molecule has 1 atom stereocenters. The average Bonchev–Trinajstić information content (AvgIpc) is 2.82. The van der Waals surface area contributed by atoms with E-state index in [1.54, 1.807) is 6.20 Å². The summed E-state index contributed by atoms with van der Waals surface area (Å²) in [4.78, 5) is 2.09. The van der Waals surface area contributed by atoms with Crippen LogP contribution in [0.4, 0.5) is 10.7 Å². The Bertz CT molecular complexity index is 450. The van der Waals surface area contributed by atoms with Crippen molar-refractivity contribution in [3.8, 4) is 0 Å². The van der Waals surface area contributed by atoms with Gasteiger partial charge < -0.3 is 10.2 Å². The predicted molar refractivity (Wildman–Crippen MR) is 72.7 cm³/mol. The van der Waals surface area contributed by atoms with Crippen molar-refractivity contribution in [2.24, 2.45) is 0 Å². The minimum Gasteiger partial charge on any atom is -0.378 e. The van der Waals surface area contributed by atoms with E-state index in [2.05, 4.69) is 51.0 Å². The molecule has 5 heteroatoms. The Morgan fingerprint density at radius 2 is 1.94 bits per heavy atom. The fourth-order valence-electron chi connectivity index (χ4n) is 1.59. The minimum atomic E-state index is 0.258. The van der Waals surface area contributed by atoms with Crippen molar-refractivity contribution in [3.05, 3.63) is 36.0 Å². The normalized spacial score (nSPS) is 12.2. The molecule has 0 spiro atoms. The van der Waals surface area contributed by atoms with Crippen LogP contribution in [0.3, 0.4) is 0 Å². The van der Waals surface area contributed by atoms with Crippen molar-refractivity contribution in [2.75, 3.05) is 24.3 Å². The molecule has 0 saturated heterocycles. The smallest absolute Gasteiger partial charge is 0.130 e. The summed E-state index contributed by atoms with van der Waals surface area (Å²) in [7, 11) is 4.08. The Balaban J connectivity index is 2.06. The van der Waals surface area contributed by atoms with Crippen molar-refractivity contribution < 1.29 is 0 Å². The van der Waals surface area contributed by atoms with Gasteiger partial charge in [-0.15, -0.1) is 5.10 Å². The first-order chi connectivity index (χ1) is 8.16. The van der Waals surface area contributed by atoms with Crippen molar-refractivity contribution in [2.45, 2.75) is 13.0 Å². The van der Waals surface area contributed by atoms with Crippen LogP contribution < -0.4 is 10.2 Å². The van der Waals surface area contributed by atoms with Gasteiger partial charge in [-0.1, -0.05) is 16.6 Å². The van der Waals surface area contributed by atoms with Crippen molar-refractivity contribution in [1.29, 1.82) is 0 Å². The van der Waals surface area contributed by atoms with Crippen LogP contribution >= 0.6 is 11.5 Å². The van der Waals surface area contributed by atoms with Crippen LogP contribution in [0.5, 0.6) is 0 Å². The molecule has 17 heavy (non-hydrogen) atoms. The number of hydrogen-bond acceptors (Lipinski definition) is 5. The SMILES string of the molecule is CC(Nc1cnns1)c1ccc(N(C)C)cc1. The molecule has 4 nitrogen and oxygen atoms in total. The summed E-state index contributed by atoms with van der Waals surface area (Å²) in [6.07, 6.45) is 1.75. The maximum Gasteiger partial charge on any atom is 0.130 e. The predicted octanol–water partition coefficient (Wildman–Crippen LogP) is 2.78. The summed E-state index contributed by atoms with van der Waals surface area (Å²) in [5.74, 6) is 0. The van der Waals surface area contributed by atoms with E-state index in [0.29, 0.717) is 0 Å². The Kier molecular flexibility index (Phi) is 3.58. The lowest BCUT2D eigenvalue weighted by Gasteiger charge is -2.16. The van der Waals surface area contributed by atoms with E-state index in [9.17, 15) is 0 Å². The van der Waals surface area contributed by atoms with E-state index in [4.69, 9.17) is 0 Å². The van der Waals surface area contributed by atoms with Gasteiger partial charge in [0.2, 0.25) is 0 Å². The van der Waals surface area contributed by atoms with Crippen LogP contribution in [0, 0.1) is 0 Å². The van der Waals surface area contributed by atoms with Gasteiger partial charge in [0, 0.05) is 37.4 Å². The molecule has 1 N–H and O–H groups in total. The molecule has 0 aliphatic heterocycles. The third-order valence-corrected chi connectivity index (χ3v) is 3.23. The highest BCUT2D eigenvalue weighted by Crippen LogP contribution is 2.22. The lowest BCUT2D eigenvalue weighted by molar-refractivity contribution is 0.887. The average molecular weight is 248 g/mol. The molecule has 2 rings (SSSR count). The molecule has 0 aliphatic carbocycles. The largest absolute Gasteiger partial charge is 0.378 e. The maximum absolute atomic E-state index is 3.83. The number of rotatable bonds is 4. The number of benzene rings is 1. The Morgan fingerprint density at radius 3 is 2.47 bits per heavy atom. The third-order valence-electron chi connectivity index (χ3n) is 2.63. The molecule has 0 aliphatic rings. The lowest BCUT2D eigenvalue weighted by atomic mass is 10.1. The number of nitrogens with one attached hydrogen (secondary N) is 1. The van der Waals surface area contributed by atoms with Gasteiger partial charge >= 0.3 is 0 Å². The second kappa shape index (κ2) is 5.14. The Hall–Kier alpha value is -1.62. The number of anilines is 2. The summed E-state index contributed by atoms with van der Waals surface area (Å²) in [6.45, 7) is 2.13. The lowest BCUT2D eigenvalue weighted by Crippen LogP contribution is -2.09. The number of nitrogens with zero attached hydrogens (tertiary/aromatic N) is 3. The quantitative estimate of drug-likeness (QED) is 0.903. The van der Waals surface area contributed by atoms with Gasteiger partial charge in [-0.25, -0.2) is 0 Å². The second-order valence-electron chi connectivity index (χ2n) is 4.13. The highest BCUT2D eigenvalue weighted by molar-refractivity contribution is 7.09. The molecule has 90 valence electrons. The summed E-state index contributed by atoms with van der Waals surface area (Å²) >= 11 is 1.37. The zero-order valence-corrected chi connectivity index (χ0v) is 11.0. The molecule has 2 aromatic rings. The molecule has 1 heterocycles. The molecular weight excluding hydrogens is 232 g/mol. The van der Waals surface area contributed by atoms with Crippen LogP contribution in [0.25, 0.3) is 0 Å². The minimum absolute atomic E-state index is 0.258. The van der Waals surface area contributed by atoms with Gasteiger partial charge in [0.05, 0.1) is 6.20 Å². The van der Waals surface area contributed by atoms with Crippen LogP contribution in [-0.2, 0) is 0 Å². The van der Waals surface area contributed by atoms with Crippen molar-refractivity contribution >= 4 is 22.2 Å².